The van der Waals surface area contributed by atoms with Gasteiger partial charge in [-0.05, 0) is 62.1 Å². The lowest BCUT2D eigenvalue weighted by atomic mass is 9.64. The molecule has 2 aromatic rings. The number of H-pyrrole nitrogens is 1. The Hall–Kier alpha value is -2.78. The predicted molar refractivity (Wildman–Crippen MR) is 150 cm³/mol. The van der Waals surface area contributed by atoms with Crippen molar-refractivity contribution in [3.05, 3.63) is 52.0 Å². The molecule has 4 rings (SSSR count). The molecule has 1 aliphatic heterocycles. The smallest absolute Gasteiger partial charge is 0.315 e. The molecular formula is C28H37Cl2N5O4. The molecule has 0 bridgehead atoms. The lowest BCUT2D eigenvalue weighted by Gasteiger charge is -2.45. The van der Waals surface area contributed by atoms with Crippen LogP contribution >= 0.6 is 23.2 Å². The number of hydrogen-bond donors (Lipinski definition) is 4. The fraction of sp³-hybridized carbons (Fsp3) is 0.571. The van der Waals surface area contributed by atoms with Crippen molar-refractivity contribution < 1.29 is 19.5 Å². The van der Waals surface area contributed by atoms with Crippen molar-refractivity contribution in [2.24, 2.45) is 11.3 Å². The van der Waals surface area contributed by atoms with E-state index in [0.29, 0.717) is 48.9 Å². The third kappa shape index (κ3) is 7.45. The second kappa shape index (κ2) is 13.5. The van der Waals surface area contributed by atoms with Crippen LogP contribution in [-0.2, 0) is 22.4 Å². The molecule has 1 aromatic carbocycles. The number of hydrogen-bond acceptors (Lipinski definition) is 4. The van der Waals surface area contributed by atoms with Crippen LogP contribution in [0.4, 0.5) is 4.79 Å². The molecule has 0 spiro atoms. The Labute approximate surface area is 239 Å². The maximum Gasteiger partial charge on any atom is 0.315 e. The first-order valence-electron chi connectivity index (χ1n) is 13.8. The topological polar surface area (TPSA) is 127 Å². The highest BCUT2D eigenvalue weighted by Gasteiger charge is 2.48. The fourth-order valence-corrected chi connectivity index (χ4v) is 6.33. The predicted octanol–water partition coefficient (Wildman–Crippen LogP) is 4.83. The van der Waals surface area contributed by atoms with Crippen molar-refractivity contribution >= 4 is 41.1 Å². The van der Waals surface area contributed by atoms with Crippen molar-refractivity contribution in [2.75, 3.05) is 19.6 Å². The molecule has 1 atom stereocenters. The van der Waals surface area contributed by atoms with Crippen LogP contribution in [0.15, 0.2) is 30.7 Å². The van der Waals surface area contributed by atoms with Crippen LogP contribution in [-0.4, -0.2) is 63.6 Å². The first kappa shape index (κ1) is 29.2. The molecule has 11 heteroatoms. The number of nitrogens with one attached hydrogen (secondary N) is 3. The van der Waals surface area contributed by atoms with E-state index in [2.05, 4.69) is 20.6 Å². The molecule has 39 heavy (non-hydrogen) atoms. The quantitative estimate of drug-likeness (QED) is 0.300. The molecular weight excluding hydrogens is 541 g/mol. The van der Waals surface area contributed by atoms with Gasteiger partial charge in [0.25, 0.3) is 0 Å². The number of imidazole rings is 1. The Morgan fingerprint density at radius 2 is 1.87 bits per heavy atom. The van der Waals surface area contributed by atoms with E-state index in [1.165, 1.54) is 0 Å². The van der Waals surface area contributed by atoms with E-state index < -0.39 is 23.5 Å². The first-order valence-corrected chi connectivity index (χ1v) is 14.5. The standard InChI is InChI=1S/C28H37Cl2N5O4/c29-22-9-8-19(15-23(22)30)16-24(34-27(39)32-12-4-7-21-17-31-18-33-21)25(36)35-13-10-28(11-14-35,26(37)38)20-5-2-1-3-6-20/h8-9,15,17-18,20,24H,1-7,10-14,16H2,(H,31,33)(H,37,38)(H2,32,34,39). The minimum atomic E-state index is -0.833. The third-order valence-electron chi connectivity index (χ3n) is 8.26. The number of nitrogens with zero attached hydrogens (tertiary/aromatic N) is 2. The lowest BCUT2D eigenvalue weighted by molar-refractivity contribution is -0.160. The summed E-state index contributed by atoms with van der Waals surface area (Å²) in [5.41, 5.74) is 0.900. The second-order valence-electron chi connectivity index (χ2n) is 10.7. The maximum atomic E-state index is 13.7. The Morgan fingerprint density at radius 1 is 1.13 bits per heavy atom. The Kier molecular flexibility index (Phi) is 10.1. The highest BCUT2D eigenvalue weighted by atomic mass is 35.5. The number of amides is 3. The van der Waals surface area contributed by atoms with Gasteiger partial charge in [-0.2, -0.15) is 0 Å². The molecule has 1 saturated carbocycles. The average molecular weight is 579 g/mol. The van der Waals surface area contributed by atoms with E-state index in [0.717, 1.165) is 49.8 Å². The van der Waals surface area contributed by atoms with Crippen LogP contribution in [0, 0.1) is 11.3 Å². The van der Waals surface area contributed by atoms with Gasteiger partial charge >= 0.3 is 12.0 Å². The summed E-state index contributed by atoms with van der Waals surface area (Å²) in [6, 6.07) is 3.88. The van der Waals surface area contributed by atoms with E-state index in [9.17, 15) is 19.5 Å². The summed E-state index contributed by atoms with van der Waals surface area (Å²) in [5, 5.41) is 16.7. The summed E-state index contributed by atoms with van der Waals surface area (Å²) in [6.07, 6.45) is 11.1. The Morgan fingerprint density at radius 3 is 2.51 bits per heavy atom. The molecule has 2 aliphatic rings. The zero-order chi connectivity index (χ0) is 27.8. The molecule has 2 fully saturated rings. The number of carboxylic acid groups (broad SMARTS) is 1. The number of carboxylic acids is 1. The molecule has 212 valence electrons. The molecule has 0 radical (unpaired) electrons. The van der Waals surface area contributed by atoms with Crippen LogP contribution in [0.25, 0.3) is 0 Å². The van der Waals surface area contributed by atoms with E-state index in [1.807, 2.05) is 6.20 Å². The summed E-state index contributed by atoms with van der Waals surface area (Å²) in [5.74, 6) is -0.824. The monoisotopic (exact) mass is 577 g/mol. The maximum absolute atomic E-state index is 13.7. The summed E-state index contributed by atoms with van der Waals surface area (Å²) in [4.78, 5) is 47.7. The van der Waals surface area contributed by atoms with Crippen LogP contribution in [0.2, 0.25) is 10.0 Å². The number of aliphatic carboxylic acids is 1. The summed E-state index contributed by atoms with van der Waals surface area (Å²) in [6.45, 7) is 1.14. The minimum absolute atomic E-state index is 0.151. The SMILES string of the molecule is O=C(NCCCc1c[nH]cn1)NC(Cc1ccc(Cl)c(Cl)c1)C(=O)N1CCC(C(=O)O)(C2CCCCC2)CC1. The van der Waals surface area contributed by atoms with Gasteiger partial charge in [-0.3, -0.25) is 9.59 Å². The third-order valence-corrected chi connectivity index (χ3v) is 9.00. The van der Waals surface area contributed by atoms with Crippen molar-refractivity contribution in [2.45, 2.75) is 70.3 Å². The molecule has 4 N–H and O–H groups in total. The summed E-state index contributed by atoms with van der Waals surface area (Å²) in [7, 11) is 0. The summed E-state index contributed by atoms with van der Waals surface area (Å²) < 4.78 is 0. The molecule has 2 heterocycles. The number of rotatable bonds is 10. The highest BCUT2D eigenvalue weighted by molar-refractivity contribution is 6.42. The van der Waals surface area contributed by atoms with Crippen LogP contribution in [0.1, 0.15) is 62.6 Å². The molecule has 9 nitrogen and oxygen atoms in total. The van der Waals surface area contributed by atoms with Gasteiger partial charge < -0.3 is 25.6 Å². The van der Waals surface area contributed by atoms with Gasteiger partial charge in [-0.25, -0.2) is 9.78 Å². The van der Waals surface area contributed by atoms with E-state index >= 15 is 0 Å². The highest BCUT2D eigenvalue weighted by Crippen LogP contribution is 2.46. The number of piperidine rings is 1. The van der Waals surface area contributed by atoms with Gasteiger partial charge in [-0.15, -0.1) is 0 Å². The number of carbonyl (C=O) groups is 3. The number of halogens is 2. The number of aromatic nitrogens is 2. The number of aryl methyl sites for hydroxylation is 1. The molecule has 1 aliphatic carbocycles. The zero-order valence-electron chi connectivity index (χ0n) is 22.1. The van der Waals surface area contributed by atoms with Gasteiger partial charge in [0.2, 0.25) is 5.91 Å². The van der Waals surface area contributed by atoms with Crippen molar-refractivity contribution in [3.63, 3.8) is 0 Å². The number of urea groups is 1. The van der Waals surface area contributed by atoms with Crippen molar-refractivity contribution in [3.8, 4) is 0 Å². The van der Waals surface area contributed by atoms with Crippen molar-refractivity contribution in [1.29, 1.82) is 0 Å². The number of carbonyl (C=O) groups excluding carboxylic acids is 2. The molecule has 1 aromatic heterocycles. The number of likely N-dealkylation sites (tertiary alicyclic amines) is 1. The van der Waals surface area contributed by atoms with Crippen molar-refractivity contribution in [1.82, 2.24) is 25.5 Å². The van der Waals surface area contributed by atoms with E-state index in [4.69, 9.17) is 23.2 Å². The van der Waals surface area contributed by atoms with Gasteiger partial charge in [0.05, 0.1) is 27.5 Å². The van der Waals surface area contributed by atoms with Crippen LogP contribution in [0.3, 0.4) is 0 Å². The second-order valence-corrected chi connectivity index (χ2v) is 11.5. The largest absolute Gasteiger partial charge is 0.481 e. The minimum Gasteiger partial charge on any atom is -0.481 e. The summed E-state index contributed by atoms with van der Waals surface area (Å²) >= 11 is 12.3. The normalized spacial score (nSPS) is 18.4. The Bertz CT molecular complexity index is 1130. The molecule has 1 unspecified atom stereocenters. The average Bonchev–Trinajstić information content (AvgIpc) is 3.46. The van der Waals surface area contributed by atoms with Crippen LogP contribution < -0.4 is 10.6 Å². The van der Waals surface area contributed by atoms with Gasteiger partial charge in [0, 0.05) is 32.3 Å². The van der Waals surface area contributed by atoms with Crippen LogP contribution in [0.5, 0.6) is 0 Å². The lowest BCUT2D eigenvalue weighted by Crippen LogP contribution is -2.56. The number of aromatic amines is 1. The molecule has 1 saturated heterocycles. The van der Waals surface area contributed by atoms with E-state index in [-0.39, 0.29) is 18.2 Å². The fourth-order valence-electron chi connectivity index (χ4n) is 6.01. The molecule has 3 amide bonds. The Balaban J connectivity index is 1.40. The first-order chi connectivity index (χ1) is 18.8. The van der Waals surface area contributed by atoms with E-state index in [1.54, 1.807) is 29.4 Å². The zero-order valence-corrected chi connectivity index (χ0v) is 23.6. The van der Waals surface area contributed by atoms with Gasteiger partial charge in [0.15, 0.2) is 0 Å². The van der Waals surface area contributed by atoms with Gasteiger partial charge in [-0.1, -0.05) is 48.5 Å². The number of benzene rings is 1. The van der Waals surface area contributed by atoms with Gasteiger partial charge in [0.1, 0.15) is 6.04 Å².